The molecule has 0 radical (unpaired) electrons. The molecule has 2 aromatic carbocycles. The molecule has 3 rings (SSSR count). The summed E-state index contributed by atoms with van der Waals surface area (Å²) >= 11 is 0. The molecule has 1 N–H and O–H groups in total. The van der Waals surface area contributed by atoms with Gasteiger partial charge < -0.3 is 10.2 Å². The highest BCUT2D eigenvalue weighted by atomic mass is 19.4. The van der Waals surface area contributed by atoms with Crippen molar-refractivity contribution < 1.29 is 22.8 Å². The minimum absolute atomic E-state index is 0.123. The first-order valence-electron chi connectivity index (χ1n) is 7.70. The quantitative estimate of drug-likeness (QED) is 0.927. The molecule has 0 aliphatic carbocycles. The number of hydrogen-bond acceptors (Lipinski definition) is 2. The third-order valence-corrected chi connectivity index (χ3v) is 4.07. The van der Waals surface area contributed by atoms with Crippen LogP contribution in [0.3, 0.4) is 0 Å². The number of nitrogens with zero attached hydrogens (tertiary/aromatic N) is 1. The molecule has 0 saturated heterocycles. The largest absolute Gasteiger partial charge is 0.416 e. The van der Waals surface area contributed by atoms with Crippen LogP contribution in [0.15, 0.2) is 48.5 Å². The highest BCUT2D eigenvalue weighted by molar-refractivity contribution is 6.01. The maximum Gasteiger partial charge on any atom is 0.416 e. The summed E-state index contributed by atoms with van der Waals surface area (Å²) < 4.78 is 39.2. The molecule has 130 valence electrons. The summed E-state index contributed by atoms with van der Waals surface area (Å²) in [6.07, 6.45) is -4.31. The van der Waals surface area contributed by atoms with Crippen LogP contribution in [0, 0.1) is 0 Å². The van der Waals surface area contributed by atoms with Crippen LogP contribution in [0.1, 0.15) is 21.5 Å². The van der Waals surface area contributed by atoms with Gasteiger partial charge in [-0.05, 0) is 36.2 Å². The Morgan fingerprint density at radius 3 is 2.44 bits per heavy atom. The number of anilines is 1. The Morgan fingerprint density at radius 2 is 1.76 bits per heavy atom. The smallest absolute Gasteiger partial charge is 0.343 e. The molecule has 25 heavy (non-hydrogen) atoms. The second-order valence-electron chi connectivity index (χ2n) is 5.65. The minimum Gasteiger partial charge on any atom is -0.343 e. The molecule has 4 nitrogen and oxygen atoms in total. The van der Waals surface area contributed by atoms with Gasteiger partial charge in [0.15, 0.2) is 0 Å². The fourth-order valence-electron chi connectivity index (χ4n) is 2.90. The Balaban J connectivity index is 1.71. The number of halogens is 3. The standard InChI is InChI=1S/C18H15F3N2O2/c19-18(20,21)14-7-4-8-15-13(14)9-10-23(15)16(24)11-22-17(25)12-5-2-1-3-6-12/h1-8H,9-11H2,(H,22,25). The summed E-state index contributed by atoms with van der Waals surface area (Å²) in [5.41, 5.74) is 0.0802. The lowest BCUT2D eigenvalue weighted by molar-refractivity contribution is -0.138. The average Bonchev–Trinajstić information content (AvgIpc) is 3.03. The fraction of sp³-hybridized carbons (Fsp3) is 0.222. The van der Waals surface area contributed by atoms with Crippen LogP contribution < -0.4 is 10.2 Å². The van der Waals surface area contributed by atoms with Crippen molar-refractivity contribution in [2.45, 2.75) is 12.6 Å². The molecular formula is C18H15F3N2O2. The summed E-state index contributed by atoms with van der Waals surface area (Å²) in [5.74, 6) is -0.847. The summed E-state index contributed by atoms with van der Waals surface area (Å²) in [5, 5.41) is 2.50. The van der Waals surface area contributed by atoms with E-state index in [0.717, 1.165) is 6.07 Å². The number of carbonyl (C=O) groups is 2. The van der Waals surface area contributed by atoms with Crippen LogP contribution >= 0.6 is 0 Å². The van der Waals surface area contributed by atoms with Gasteiger partial charge in [0.1, 0.15) is 0 Å². The lowest BCUT2D eigenvalue weighted by atomic mass is 10.0. The molecule has 0 fully saturated rings. The van der Waals surface area contributed by atoms with Crippen molar-refractivity contribution in [3.63, 3.8) is 0 Å². The molecule has 2 amide bonds. The number of amides is 2. The van der Waals surface area contributed by atoms with E-state index in [1.165, 1.54) is 17.0 Å². The number of fused-ring (bicyclic) bond motifs is 1. The molecule has 0 atom stereocenters. The van der Waals surface area contributed by atoms with Crippen LogP contribution in [0.25, 0.3) is 0 Å². The molecule has 1 aliphatic rings. The molecule has 0 spiro atoms. The van der Waals surface area contributed by atoms with E-state index >= 15 is 0 Å². The van der Waals surface area contributed by atoms with E-state index in [-0.39, 0.29) is 30.8 Å². The highest BCUT2D eigenvalue weighted by Crippen LogP contribution is 2.39. The minimum atomic E-state index is -4.45. The van der Waals surface area contributed by atoms with Gasteiger partial charge in [-0.25, -0.2) is 0 Å². The van der Waals surface area contributed by atoms with E-state index in [1.807, 2.05) is 0 Å². The zero-order valence-corrected chi connectivity index (χ0v) is 13.1. The molecule has 0 unspecified atom stereocenters. The Bertz CT molecular complexity index is 804. The van der Waals surface area contributed by atoms with Crippen LogP contribution in [0.2, 0.25) is 0 Å². The van der Waals surface area contributed by atoms with E-state index in [2.05, 4.69) is 5.32 Å². The molecule has 2 aromatic rings. The Labute approximate surface area is 142 Å². The van der Waals surface area contributed by atoms with Gasteiger partial charge in [-0.1, -0.05) is 24.3 Å². The average molecular weight is 348 g/mol. The fourth-order valence-corrected chi connectivity index (χ4v) is 2.90. The molecule has 1 heterocycles. The zero-order valence-electron chi connectivity index (χ0n) is 13.1. The number of hydrogen-bond donors (Lipinski definition) is 1. The van der Waals surface area contributed by atoms with E-state index < -0.39 is 23.6 Å². The van der Waals surface area contributed by atoms with E-state index in [4.69, 9.17) is 0 Å². The summed E-state index contributed by atoms with van der Waals surface area (Å²) in [6.45, 7) is -0.105. The van der Waals surface area contributed by atoms with Crippen molar-refractivity contribution in [3.05, 3.63) is 65.2 Å². The zero-order chi connectivity index (χ0) is 18.0. The maximum atomic E-state index is 13.1. The number of nitrogens with one attached hydrogen (secondary N) is 1. The van der Waals surface area contributed by atoms with Crippen molar-refractivity contribution >= 4 is 17.5 Å². The van der Waals surface area contributed by atoms with Gasteiger partial charge in [-0.2, -0.15) is 13.2 Å². The second-order valence-corrected chi connectivity index (χ2v) is 5.65. The van der Waals surface area contributed by atoms with Crippen molar-refractivity contribution in [1.82, 2.24) is 5.32 Å². The first-order valence-corrected chi connectivity index (χ1v) is 7.70. The number of alkyl halides is 3. The Kier molecular flexibility index (Phi) is 4.48. The Morgan fingerprint density at radius 1 is 1.04 bits per heavy atom. The molecular weight excluding hydrogens is 333 g/mol. The van der Waals surface area contributed by atoms with Crippen LogP contribution in [-0.2, 0) is 17.4 Å². The topological polar surface area (TPSA) is 49.4 Å². The second kappa shape index (κ2) is 6.58. The molecule has 1 aliphatic heterocycles. The first kappa shape index (κ1) is 17.0. The predicted octanol–water partition coefficient (Wildman–Crippen LogP) is 3.02. The van der Waals surface area contributed by atoms with Gasteiger partial charge in [-0.3, -0.25) is 9.59 Å². The maximum absolute atomic E-state index is 13.1. The number of carbonyl (C=O) groups excluding carboxylic acids is 2. The summed E-state index contributed by atoms with van der Waals surface area (Å²) in [4.78, 5) is 25.6. The van der Waals surface area contributed by atoms with Gasteiger partial charge >= 0.3 is 6.18 Å². The van der Waals surface area contributed by atoms with Gasteiger partial charge in [0, 0.05) is 17.8 Å². The molecule has 0 aromatic heterocycles. The Hall–Kier alpha value is -2.83. The van der Waals surface area contributed by atoms with Gasteiger partial charge in [-0.15, -0.1) is 0 Å². The van der Waals surface area contributed by atoms with Crippen molar-refractivity contribution in [1.29, 1.82) is 0 Å². The van der Waals surface area contributed by atoms with E-state index in [1.54, 1.807) is 30.3 Å². The van der Waals surface area contributed by atoms with Crippen LogP contribution in [0.5, 0.6) is 0 Å². The number of benzene rings is 2. The summed E-state index contributed by atoms with van der Waals surface area (Å²) in [7, 11) is 0. The van der Waals surface area contributed by atoms with Crippen LogP contribution in [-0.4, -0.2) is 24.9 Å². The summed E-state index contributed by atoms with van der Waals surface area (Å²) in [6, 6.07) is 12.2. The molecule has 7 heteroatoms. The van der Waals surface area contributed by atoms with Crippen LogP contribution in [0.4, 0.5) is 18.9 Å². The molecule has 0 bridgehead atoms. The van der Waals surface area contributed by atoms with Gasteiger partial charge in [0.2, 0.25) is 5.91 Å². The lowest BCUT2D eigenvalue weighted by Gasteiger charge is -2.18. The van der Waals surface area contributed by atoms with Gasteiger partial charge in [0.05, 0.1) is 12.1 Å². The SMILES string of the molecule is O=C(NCC(=O)N1CCc2c1cccc2C(F)(F)F)c1ccccc1. The van der Waals surface area contributed by atoms with Crippen molar-refractivity contribution in [2.75, 3.05) is 18.0 Å². The van der Waals surface area contributed by atoms with Gasteiger partial charge in [0.25, 0.3) is 5.91 Å². The lowest BCUT2D eigenvalue weighted by Crippen LogP contribution is -2.39. The van der Waals surface area contributed by atoms with E-state index in [9.17, 15) is 22.8 Å². The third kappa shape index (κ3) is 3.50. The number of rotatable bonds is 3. The normalized spacial score (nSPS) is 13.5. The first-order chi connectivity index (χ1) is 11.9. The van der Waals surface area contributed by atoms with Crippen molar-refractivity contribution in [2.24, 2.45) is 0 Å². The van der Waals surface area contributed by atoms with E-state index in [0.29, 0.717) is 5.56 Å². The molecule has 0 saturated carbocycles. The third-order valence-electron chi connectivity index (χ3n) is 4.07. The predicted molar refractivity (Wildman–Crippen MR) is 86.3 cm³/mol. The van der Waals surface area contributed by atoms with Crippen molar-refractivity contribution in [3.8, 4) is 0 Å². The monoisotopic (exact) mass is 348 g/mol. The highest BCUT2D eigenvalue weighted by Gasteiger charge is 2.37.